The lowest BCUT2D eigenvalue weighted by Crippen LogP contribution is -2.30. The van der Waals surface area contributed by atoms with E-state index in [4.69, 9.17) is 4.99 Å². The summed E-state index contributed by atoms with van der Waals surface area (Å²) in [5.41, 5.74) is 1.44. The van der Waals surface area contributed by atoms with Gasteiger partial charge in [0, 0.05) is 19.5 Å². The van der Waals surface area contributed by atoms with Crippen LogP contribution in [-0.4, -0.2) is 29.9 Å². The van der Waals surface area contributed by atoms with Crippen molar-refractivity contribution in [3.63, 3.8) is 0 Å². The van der Waals surface area contributed by atoms with Gasteiger partial charge in [0.2, 0.25) is 0 Å². The highest BCUT2D eigenvalue weighted by Gasteiger charge is 2.19. The van der Waals surface area contributed by atoms with Crippen LogP contribution >= 0.6 is 0 Å². The maximum Gasteiger partial charge on any atom is 0.0995 e. The van der Waals surface area contributed by atoms with Gasteiger partial charge in [0.1, 0.15) is 0 Å². The molecule has 0 amide bonds. The molecule has 2 fully saturated rings. The fourth-order valence-electron chi connectivity index (χ4n) is 3.60. The third kappa shape index (κ3) is 4.33. The SMILES string of the molecule is c1ccc(CCC(=NC2CCCCC2)N2CCCC2)cc1. The quantitative estimate of drug-likeness (QED) is 0.589. The predicted molar refractivity (Wildman–Crippen MR) is 89.9 cm³/mol. The Labute approximate surface area is 129 Å². The van der Waals surface area contributed by atoms with Crippen molar-refractivity contribution in [2.45, 2.75) is 63.8 Å². The van der Waals surface area contributed by atoms with Crippen LogP contribution in [0.25, 0.3) is 0 Å². The fraction of sp³-hybridized carbons (Fsp3) is 0.632. The first-order valence-electron chi connectivity index (χ1n) is 8.77. The molecule has 2 heteroatoms. The molecule has 1 saturated heterocycles. The number of aryl methyl sites for hydroxylation is 1. The van der Waals surface area contributed by atoms with E-state index in [9.17, 15) is 0 Å². The van der Waals surface area contributed by atoms with E-state index in [0.29, 0.717) is 6.04 Å². The van der Waals surface area contributed by atoms with Gasteiger partial charge in [-0.25, -0.2) is 0 Å². The fourth-order valence-corrected chi connectivity index (χ4v) is 3.60. The molecule has 3 rings (SSSR count). The Morgan fingerprint density at radius 3 is 2.38 bits per heavy atom. The first kappa shape index (κ1) is 14.6. The Hall–Kier alpha value is -1.31. The molecular weight excluding hydrogens is 256 g/mol. The minimum absolute atomic E-state index is 0.602. The van der Waals surface area contributed by atoms with Crippen molar-refractivity contribution in [1.82, 2.24) is 4.90 Å². The summed E-state index contributed by atoms with van der Waals surface area (Å²) in [6, 6.07) is 11.5. The van der Waals surface area contributed by atoms with E-state index < -0.39 is 0 Å². The molecule has 0 N–H and O–H groups in total. The van der Waals surface area contributed by atoms with Crippen LogP contribution in [0.4, 0.5) is 0 Å². The molecule has 0 bridgehead atoms. The molecule has 0 unspecified atom stereocenters. The highest BCUT2D eigenvalue weighted by Crippen LogP contribution is 2.22. The molecular formula is C19H28N2. The third-order valence-corrected chi connectivity index (χ3v) is 4.86. The molecule has 1 aromatic carbocycles. The van der Waals surface area contributed by atoms with Gasteiger partial charge in [-0.05, 0) is 37.7 Å². The van der Waals surface area contributed by atoms with Gasteiger partial charge in [0.25, 0.3) is 0 Å². The maximum absolute atomic E-state index is 5.18. The van der Waals surface area contributed by atoms with Crippen molar-refractivity contribution in [3.05, 3.63) is 35.9 Å². The van der Waals surface area contributed by atoms with Crippen LogP contribution in [0.5, 0.6) is 0 Å². The summed E-state index contributed by atoms with van der Waals surface area (Å²) in [6.45, 7) is 2.45. The lowest BCUT2D eigenvalue weighted by Gasteiger charge is -2.25. The molecule has 2 nitrogen and oxygen atoms in total. The average molecular weight is 284 g/mol. The van der Waals surface area contributed by atoms with Gasteiger partial charge in [-0.2, -0.15) is 0 Å². The molecule has 0 spiro atoms. The van der Waals surface area contributed by atoms with Gasteiger partial charge in [-0.3, -0.25) is 4.99 Å². The van der Waals surface area contributed by atoms with Crippen LogP contribution in [0.3, 0.4) is 0 Å². The Morgan fingerprint density at radius 1 is 0.952 bits per heavy atom. The van der Waals surface area contributed by atoms with E-state index in [0.717, 1.165) is 12.8 Å². The standard InChI is InChI=1S/C19H28N2/c1-3-9-17(10-4-1)13-14-19(21-15-7-8-16-21)20-18-11-5-2-6-12-18/h1,3-4,9-10,18H,2,5-8,11-16H2. The number of benzene rings is 1. The molecule has 114 valence electrons. The van der Waals surface area contributed by atoms with E-state index >= 15 is 0 Å². The molecule has 21 heavy (non-hydrogen) atoms. The van der Waals surface area contributed by atoms with Crippen LogP contribution in [-0.2, 0) is 6.42 Å². The normalized spacial score (nSPS) is 21.0. The number of hydrogen-bond donors (Lipinski definition) is 0. The molecule has 2 aliphatic rings. The Kier molecular flexibility index (Phi) is 5.31. The first-order valence-corrected chi connectivity index (χ1v) is 8.77. The van der Waals surface area contributed by atoms with Crippen LogP contribution in [0.15, 0.2) is 35.3 Å². The number of aliphatic imine (C=N–C) groups is 1. The smallest absolute Gasteiger partial charge is 0.0995 e. The predicted octanol–water partition coefficient (Wildman–Crippen LogP) is 4.45. The molecule has 1 aromatic rings. The molecule has 0 aromatic heterocycles. The zero-order valence-electron chi connectivity index (χ0n) is 13.1. The largest absolute Gasteiger partial charge is 0.360 e. The second-order valence-corrected chi connectivity index (χ2v) is 6.52. The maximum atomic E-state index is 5.18. The highest BCUT2D eigenvalue weighted by atomic mass is 15.2. The van der Waals surface area contributed by atoms with Crippen molar-refractivity contribution < 1.29 is 0 Å². The highest BCUT2D eigenvalue weighted by molar-refractivity contribution is 5.83. The van der Waals surface area contributed by atoms with E-state index in [-0.39, 0.29) is 0 Å². The lowest BCUT2D eigenvalue weighted by atomic mass is 9.96. The monoisotopic (exact) mass is 284 g/mol. The van der Waals surface area contributed by atoms with Gasteiger partial charge in [-0.15, -0.1) is 0 Å². The molecule has 1 aliphatic carbocycles. The van der Waals surface area contributed by atoms with Crippen molar-refractivity contribution in [2.24, 2.45) is 4.99 Å². The lowest BCUT2D eigenvalue weighted by molar-refractivity contribution is 0.429. The van der Waals surface area contributed by atoms with Crippen LogP contribution < -0.4 is 0 Å². The van der Waals surface area contributed by atoms with Crippen LogP contribution in [0, 0.1) is 0 Å². The Balaban J connectivity index is 1.65. The van der Waals surface area contributed by atoms with E-state index in [2.05, 4.69) is 35.2 Å². The summed E-state index contributed by atoms with van der Waals surface area (Å²) in [7, 11) is 0. The summed E-state index contributed by atoms with van der Waals surface area (Å²) in [4.78, 5) is 7.73. The van der Waals surface area contributed by atoms with E-state index in [1.165, 1.54) is 69.4 Å². The number of likely N-dealkylation sites (tertiary alicyclic amines) is 1. The summed E-state index contributed by atoms with van der Waals surface area (Å²) < 4.78 is 0. The van der Waals surface area contributed by atoms with E-state index in [1.807, 2.05) is 0 Å². The van der Waals surface area contributed by atoms with Crippen LogP contribution in [0.1, 0.15) is 56.9 Å². The van der Waals surface area contributed by atoms with Gasteiger partial charge < -0.3 is 4.90 Å². The summed E-state index contributed by atoms with van der Waals surface area (Å²) in [6.07, 6.45) is 11.7. The number of rotatable bonds is 4. The van der Waals surface area contributed by atoms with E-state index in [1.54, 1.807) is 0 Å². The second kappa shape index (κ2) is 7.63. The zero-order valence-corrected chi connectivity index (χ0v) is 13.1. The first-order chi connectivity index (χ1) is 10.4. The molecule has 1 aliphatic heterocycles. The van der Waals surface area contributed by atoms with Gasteiger partial charge in [-0.1, -0.05) is 49.6 Å². The summed E-state index contributed by atoms with van der Waals surface area (Å²) in [5.74, 6) is 1.39. The van der Waals surface area contributed by atoms with Gasteiger partial charge in [0.15, 0.2) is 0 Å². The second-order valence-electron chi connectivity index (χ2n) is 6.52. The van der Waals surface area contributed by atoms with Crippen molar-refractivity contribution in [1.29, 1.82) is 0 Å². The summed E-state index contributed by atoms with van der Waals surface area (Å²) in [5, 5.41) is 0. The number of nitrogens with zero attached hydrogens (tertiary/aromatic N) is 2. The van der Waals surface area contributed by atoms with Crippen LogP contribution in [0.2, 0.25) is 0 Å². The number of hydrogen-bond acceptors (Lipinski definition) is 1. The van der Waals surface area contributed by atoms with Gasteiger partial charge >= 0.3 is 0 Å². The molecule has 0 radical (unpaired) electrons. The Bertz CT molecular complexity index is 440. The minimum Gasteiger partial charge on any atom is -0.360 e. The number of amidine groups is 1. The van der Waals surface area contributed by atoms with Crippen molar-refractivity contribution in [2.75, 3.05) is 13.1 Å². The zero-order chi connectivity index (χ0) is 14.3. The molecule has 0 atom stereocenters. The summed E-state index contributed by atoms with van der Waals surface area (Å²) >= 11 is 0. The average Bonchev–Trinajstić information content (AvgIpc) is 3.08. The van der Waals surface area contributed by atoms with Gasteiger partial charge in [0.05, 0.1) is 11.9 Å². The minimum atomic E-state index is 0.602. The molecule has 1 saturated carbocycles. The van der Waals surface area contributed by atoms with Crippen molar-refractivity contribution in [3.8, 4) is 0 Å². The Morgan fingerprint density at radius 2 is 1.67 bits per heavy atom. The topological polar surface area (TPSA) is 15.6 Å². The molecule has 1 heterocycles. The third-order valence-electron chi connectivity index (χ3n) is 4.86. The van der Waals surface area contributed by atoms with Crippen molar-refractivity contribution >= 4 is 5.84 Å².